The molecular formula is C38H35FN2O6. The number of methoxy groups -OCH3 is 2. The van der Waals surface area contributed by atoms with E-state index in [1.54, 1.807) is 49.6 Å². The molecule has 0 saturated heterocycles. The number of esters is 2. The van der Waals surface area contributed by atoms with Crippen molar-refractivity contribution >= 4 is 28.7 Å². The molecule has 1 N–H and O–H groups in total. The van der Waals surface area contributed by atoms with Gasteiger partial charge >= 0.3 is 11.9 Å². The average molecular weight is 635 g/mol. The van der Waals surface area contributed by atoms with Crippen molar-refractivity contribution in [2.75, 3.05) is 14.2 Å². The molecule has 1 amide bonds. The fourth-order valence-electron chi connectivity index (χ4n) is 5.13. The monoisotopic (exact) mass is 634 g/mol. The highest BCUT2D eigenvalue weighted by Gasteiger charge is 2.25. The van der Waals surface area contributed by atoms with Gasteiger partial charge < -0.3 is 19.5 Å². The van der Waals surface area contributed by atoms with Crippen LogP contribution in [0.2, 0.25) is 0 Å². The van der Waals surface area contributed by atoms with Crippen molar-refractivity contribution in [3.8, 4) is 5.75 Å². The van der Waals surface area contributed by atoms with Crippen LogP contribution in [0.25, 0.3) is 10.9 Å². The fourth-order valence-corrected chi connectivity index (χ4v) is 5.13. The molecule has 0 aliphatic carbocycles. The van der Waals surface area contributed by atoms with Crippen LogP contribution in [-0.4, -0.2) is 43.1 Å². The summed E-state index contributed by atoms with van der Waals surface area (Å²) in [4.78, 5) is 44.4. The second kappa shape index (κ2) is 15.1. The van der Waals surface area contributed by atoms with E-state index in [9.17, 15) is 18.8 Å². The Morgan fingerprint density at radius 3 is 2.11 bits per heavy atom. The summed E-state index contributed by atoms with van der Waals surface area (Å²) in [7, 11) is 2.83. The lowest BCUT2D eigenvalue weighted by atomic mass is 10.00. The minimum atomic E-state index is -0.980. The standard InChI is InChI=1S/C38H35FN2O6/c1-24-4-6-27(7-5-24)21-35(38(44)46-3)41-36(42)34-22-32(37(43)47-23-28-12-17-30(45-2)18-13-28)31-20-26(14-19-33(31)40-34)9-8-25-10-15-29(39)16-11-25/h4-7,10-20,22,35H,8-9,21,23H2,1-3H3,(H,41,42)/t35-/m0/s1. The predicted molar refractivity (Wildman–Crippen MR) is 176 cm³/mol. The molecule has 8 nitrogen and oxygen atoms in total. The molecule has 0 aliphatic heterocycles. The second-order valence-corrected chi connectivity index (χ2v) is 11.2. The van der Waals surface area contributed by atoms with E-state index in [1.807, 2.05) is 43.3 Å². The van der Waals surface area contributed by atoms with Crippen LogP contribution in [-0.2, 0) is 40.1 Å². The van der Waals surface area contributed by atoms with Crippen LogP contribution in [0.5, 0.6) is 5.75 Å². The summed E-state index contributed by atoms with van der Waals surface area (Å²) in [5.74, 6) is -1.50. The summed E-state index contributed by atoms with van der Waals surface area (Å²) in [6.07, 6.45) is 1.50. The number of benzene rings is 4. The van der Waals surface area contributed by atoms with Crippen LogP contribution < -0.4 is 10.1 Å². The molecule has 47 heavy (non-hydrogen) atoms. The predicted octanol–water partition coefficient (Wildman–Crippen LogP) is 6.35. The number of hydrogen-bond donors (Lipinski definition) is 1. The zero-order valence-electron chi connectivity index (χ0n) is 26.4. The maximum Gasteiger partial charge on any atom is 0.339 e. The SMILES string of the molecule is COC(=O)[C@H](Cc1ccc(C)cc1)NC(=O)c1cc(C(=O)OCc2ccc(OC)cc2)c2cc(CCc3ccc(F)cc3)ccc2n1. The van der Waals surface area contributed by atoms with Gasteiger partial charge in [0.25, 0.3) is 5.91 Å². The van der Waals surface area contributed by atoms with E-state index in [1.165, 1.54) is 25.3 Å². The van der Waals surface area contributed by atoms with Crippen molar-refractivity contribution in [2.24, 2.45) is 0 Å². The molecule has 0 saturated carbocycles. The number of halogens is 1. The third kappa shape index (κ3) is 8.58. The maximum absolute atomic E-state index is 13.6. The van der Waals surface area contributed by atoms with Gasteiger partial charge in [-0.25, -0.2) is 19.0 Å². The quantitative estimate of drug-likeness (QED) is 0.160. The lowest BCUT2D eigenvalue weighted by Gasteiger charge is -2.17. The van der Waals surface area contributed by atoms with E-state index in [0.717, 1.165) is 27.8 Å². The number of ether oxygens (including phenoxy) is 3. The third-order valence-electron chi connectivity index (χ3n) is 7.82. The Labute approximate surface area is 272 Å². The van der Waals surface area contributed by atoms with Crippen LogP contribution in [0.4, 0.5) is 4.39 Å². The Kier molecular flexibility index (Phi) is 10.6. The first-order chi connectivity index (χ1) is 22.7. The number of nitrogens with zero attached hydrogens (tertiary/aromatic N) is 1. The second-order valence-electron chi connectivity index (χ2n) is 11.2. The molecule has 0 fully saturated rings. The molecule has 9 heteroatoms. The van der Waals surface area contributed by atoms with Gasteiger partial charge in [0.15, 0.2) is 0 Å². The lowest BCUT2D eigenvalue weighted by Crippen LogP contribution is -2.43. The average Bonchev–Trinajstić information content (AvgIpc) is 3.10. The summed E-state index contributed by atoms with van der Waals surface area (Å²) < 4.78 is 29.2. The van der Waals surface area contributed by atoms with Crippen LogP contribution in [0.3, 0.4) is 0 Å². The number of aryl methyl sites for hydroxylation is 3. The maximum atomic E-state index is 13.6. The van der Waals surface area contributed by atoms with Gasteiger partial charge in [0.2, 0.25) is 0 Å². The number of rotatable bonds is 12. The Morgan fingerprint density at radius 2 is 1.43 bits per heavy atom. The molecule has 240 valence electrons. The fraction of sp³-hybridized carbons (Fsp3) is 0.211. The first kappa shape index (κ1) is 32.8. The van der Waals surface area contributed by atoms with Gasteiger partial charge in [-0.3, -0.25) is 4.79 Å². The molecule has 1 heterocycles. The number of pyridine rings is 1. The topological polar surface area (TPSA) is 104 Å². The molecule has 5 rings (SSSR count). The first-order valence-corrected chi connectivity index (χ1v) is 15.1. The molecule has 0 spiro atoms. The van der Waals surface area contributed by atoms with Gasteiger partial charge in [-0.1, -0.05) is 60.2 Å². The number of nitrogens with one attached hydrogen (secondary N) is 1. The molecule has 0 radical (unpaired) electrons. The van der Waals surface area contributed by atoms with Gasteiger partial charge in [-0.15, -0.1) is 0 Å². The summed E-state index contributed by atoms with van der Waals surface area (Å²) in [6.45, 7) is 1.96. The van der Waals surface area contributed by atoms with Crippen molar-refractivity contribution in [1.29, 1.82) is 0 Å². The summed E-state index contributed by atoms with van der Waals surface area (Å²) in [6, 6.07) is 27.0. The van der Waals surface area contributed by atoms with Crippen LogP contribution in [0.15, 0.2) is 97.1 Å². The number of carbonyl (C=O) groups excluding carboxylic acids is 3. The molecule has 5 aromatic rings. The molecule has 1 atom stereocenters. The summed E-state index contributed by atoms with van der Waals surface area (Å²) in [5.41, 5.74) is 5.08. The van der Waals surface area contributed by atoms with E-state index in [4.69, 9.17) is 14.2 Å². The highest BCUT2D eigenvalue weighted by atomic mass is 19.1. The van der Waals surface area contributed by atoms with E-state index in [0.29, 0.717) is 29.5 Å². The Hall–Kier alpha value is -5.57. The Balaban J connectivity index is 1.43. The zero-order valence-corrected chi connectivity index (χ0v) is 26.4. The number of carbonyl (C=O) groups is 3. The van der Waals surface area contributed by atoms with Crippen molar-refractivity contribution in [1.82, 2.24) is 10.3 Å². The van der Waals surface area contributed by atoms with Gasteiger partial charge in [0, 0.05) is 11.8 Å². The smallest absolute Gasteiger partial charge is 0.339 e. The molecule has 0 unspecified atom stereocenters. The van der Waals surface area contributed by atoms with E-state index >= 15 is 0 Å². The molecule has 0 bridgehead atoms. The molecule has 1 aromatic heterocycles. The summed E-state index contributed by atoms with van der Waals surface area (Å²) >= 11 is 0. The van der Waals surface area contributed by atoms with Gasteiger partial charge in [0.1, 0.15) is 29.9 Å². The first-order valence-electron chi connectivity index (χ1n) is 15.1. The molecular weight excluding hydrogens is 599 g/mol. The van der Waals surface area contributed by atoms with Crippen LogP contribution in [0, 0.1) is 12.7 Å². The largest absolute Gasteiger partial charge is 0.497 e. The van der Waals surface area contributed by atoms with E-state index < -0.39 is 23.9 Å². The summed E-state index contributed by atoms with van der Waals surface area (Å²) in [5, 5.41) is 3.25. The Morgan fingerprint density at radius 1 is 0.787 bits per heavy atom. The number of fused-ring (bicyclic) bond motifs is 1. The number of amides is 1. The number of aromatic nitrogens is 1. The molecule has 4 aromatic carbocycles. The highest BCUT2D eigenvalue weighted by molar-refractivity contribution is 6.07. The Bertz CT molecular complexity index is 1870. The molecule has 0 aliphatic rings. The van der Waals surface area contributed by atoms with E-state index in [-0.39, 0.29) is 30.1 Å². The van der Waals surface area contributed by atoms with Crippen molar-refractivity contribution < 1.29 is 33.0 Å². The van der Waals surface area contributed by atoms with Crippen LogP contribution in [0.1, 0.15) is 48.7 Å². The normalized spacial score (nSPS) is 11.5. The highest BCUT2D eigenvalue weighted by Crippen LogP contribution is 2.24. The van der Waals surface area contributed by atoms with E-state index in [2.05, 4.69) is 10.3 Å². The van der Waals surface area contributed by atoms with Crippen molar-refractivity contribution in [3.05, 3.63) is 142 Å². The van der Waals surface area contributed by atoms with Crippen molar-refractivity contribution in [3.63, 3.8) is 0 Å². The van der Waals surface area contributed by atoms with Gasteiger partial charge in [0.05, 0.1) is 25.3 Å². The van der Waals surface area contributed by atoms with Crippen molar-refractivity contribution in [2.45, 2.75) is 38.8 Å². The minimum absolute atomic E-state index is 0.000599. The lowest BCUT2D eigenvalue weighted by molar-refractivity contribution is -0.142. The van der Waals surface area contributed by atoms with Crippen LogP contribution >= 0.6 is 0 Å². The van der Waals surface area contributed by atoms with Gasteiger partial charge in [-0.05, 0) is 84.5 Å². The van der Waals surface area contributed by atoms with Gasteiger partial charge in [-0.2, -0.15) is 0 Å². The third-order valence-corrected chi connectivity index (χ3v) is 7.82. The minimum Gasteiger partial charge on any atom is -0.497 e. The zero-order chi connectivity index (χ0) is 33.3. The number of hydrogen-bond acceptors (Lipinski definition) is 7.